The number of hydrogen-bond acceptors (Lipinski definition) is 5. The van der Waals surface area contributed by atoms with Crippen LogP contribution < -0.4 is 15.9 Å². The van der Waals surface area contributed by atoms with Crippen molar-refractivity contribution < 1.29 is 42.2 Å². The van der Waals surface area contributed by atoms with E-state index in [2.05, 4.69) is 0 Å². The number of halogens is 3. The monoisotopic (exact) mass is 460 g/mol. The van der Waals surface area contributed by atoms with E-state index in [0.29, 0.717) is 16.7 Å². The number of aromatic carboxylic acids is 1. The number of aromatic nitrogens is 2. The van der Waals surface area contributed by atoms with Crippen LogP contribution in [0.15, 0.2) is 46.0 Å². The van der Waals surface area contributed by atoms with Gasteiger partial charge in [-0.2, -0.15) is 13.2 Å². The zero-order valence-corrected chi connectivity index (χ0v) is 16.0. The van der Waals surface area contributed by atoms with Crippen molar-refractivity contribution >= 4 is 24.6 Å². The van der Waals surface area contributed by atoms with Gasteiger partial charge < -0.3 is 24.6 Å². The summed E-state index contributed by atoms with van der Waals surface area (Å²) < 4.78 is 57.6. The van der Waals surface area contributed by atoms with Crippen molar-refractivity contribution in [3.8, 4) is 11.5 Å². The number of benzene rings is 2. The molecule has 0 atom stereocenters. The van der Waals surface area contributed by atoms with Crippen LogP contribution >= 0.6 is 7.60 Å². The van der Waals surface area contributed by atoms with Gasteiger partial charge >= 0.3 is 30.9 Å². The van der Waals surface area contributed by atoms with Crippen LogP contribution in [0.25, 0.3) is 11.0 Å². The Labute approximate surface area is 169 Å². The molecule has 0 amide bonds. The van der Waals surface area contributed by atoms with Crippen LogP contribution in [0.1, 0.15) is 15.9 Å². The Morgan fingerprint density at radius 2 is 1.74 bits per heavy atom. The second kappa shape index (κ2) is 7.69. The molecule has 1 aromatic heterocycles. The second-order valence-electron chi connectivity index (χ2n) is 6.29. The summed E-state index contributed by atoms with van der Waals surface area (Å²) in [6, 6.07) is 5.55. The largest absolute Gasteiger partial charge is 0.478 e. The zero-order valence-electron chi connectivity index (χ0n) is 15.1. The predicted octanol–water partition coefficient (Wildman–Crippen LogP) is 2.33. The molecule has 0 fully saturated rings. The van der Waals surface area contributed by atoms with Crippen molar-refractivity contribution in [2.75, 3.05) is 0 Å². The number of aromatic amines is 1. The van der Waals surface area contributed by atoms with E-state index >= 15 is 0 Å². The summed E-state index contributed by atoms with van der Waals surface area (Å²) in [4.78, 5) is 55.0. The van der Waals surface area contributed by atoms with Gasteiger partial charge in [0.2, 0.25) is 0 Å². The van der Waals surface area contributed by atoms with E-state index in [9.17, 15) is 41.9 Å². The summed E-state index contributed by atoms with van der Waals surface area (Å²) in [5.74, 6) is -2.28. The minimum atomic E-state index is -4.97. The van der Waals surface area contributed by atoms with Crippen molar-refractivity contribution in [1.29, 1.82) is 0 Å². The summed E-state index contributed by atoms with van der Waals surface area (Å²) >= 11 is 0. The molecular weight excluding hydrogens is 448 g/mol. The molecule has 4 N–H and O–H groups in total. The Morgan fingerprint density at radius 1 is 1.13 bits per heavy atom. The quantitative estimate of drug-likeness (QED) is 0.334. The maximum Gasteiger partial charge on any atom is 0.420 e. The SMILES string of the molecule is O=C(O)c1ccc(Oc2cc3c(cc2C(F)(F)F)[nH]c(=O)c(=O)n3CP(=O)(O)O)cc1. The van der Waals surface area contributed by atoms with E-state index in [-0.39, 0.29) is 11.3 Å². The molecule has 0 saturated carbocycles. The summed E-state index contributed by atoms with van der Waals surface area (Å²) in [5, 5.41) is 8.89. The third kappa shape index (κ3) is 4.85. The van der Waals surface area contributed by atoms with Crippen LogP contribution in [0.4, 0.5) is 13.2 Å². The lowest BCUT2D eigenvalue weighted by atomic mass is 10.1. The van der Waals surface area contributed by atoms with Gasteiger partial charge in [0.1, 0.15) is 23.3 Å². The first-order valence-electron chi connectivity index (χ1n) is 8.20. The number of nitrogens with zero attached hydrogens (tertiary/aromatic N) is 1. The van der Waals surface area contributed by atoms with Gasteiger partial charge in [0, 0.05) is 6.07 Å². The lowest BCUT2D eigenvalue weighted by Crippen LogP contribution is -2.36. The van der Waals surface area contributed by atoms with E-state index in [0.717, 1.165) is 24.3 Å². The molecule has 0 unspecified atom stereocenters. The predicted molar refractivity (Wildman–Crippen MR) is 99.4 cm³/mol. The van der Waals surface area contributed by atoms with Gasteiger partial charge in [0.05, 0.1) is 16.6 Å². The number of nitrogens with one attached hydrogen (secondary N) is 1. The van der Waals surface area contributed by atoms with Crippen molar-refractivity contribution in [2.24, 2.45) is 0 Å². The van der Waals surface area contributed by atoms with Crippen molar-refractivity contribution in [1.82, 2.24) is 9.55 Å². The molecule has 0 spiro atoms. The zero-order chi connectivity index (χ0) is 23.1. The summed E-state index contributed by atoms with van der Waals surface area (Å²) in [5.41, 5.74) is -5.16. The smallest absolute Gasteiger partial charge is 0.420 e. The van der Waals surface area contributed by atoms with Crippen LogP contribution in [-0.2, 0) is 17.0 Å². The molecule has 14 heteroatoms. The fraction of sp³-hybridized carbons (Fsp3) is 0.118. The van der Waals surface area contributed by atoms with Gasteiger partial charge in [-0.3, -0.25) is 18.7 Å². The Kier molecular flexibility index (Phi) is 5.53. The van der Waals surface area contributed by atoms with E-state index in [1.165, 1.54) is 0 Å². The second-order valence-corrected chi connectivity index (χ2v) is 7.90. The average molecular weight is 460 g/mol. The summed E-state index contributed by atoms with van der Waals surface area (Å²) in [7, 11) is -4.89. The highest BCUT2D eigenvalue weighted by Crippen LogP contribution is 2.41. The normalized spacial score (nSPS) is 12.2. The first-order chi connectivity index (χ1) is 14.3. The van der Waals surface area contributed by atoms with Crippen LogP contribution in [0, 0.1) is 0 Å². The van der Waals surface area contributed by atoms with Crippen LogP contribution in [0.3, 0.4) is 0 Å². The Balaban J connectivity index is 2.25. The Bertz CT molecular complexity index is 1340. The maximum atomic E-state index is 13.6. The molecule has 0 bridgehead atoms. The lowest BCUT2D eigenvalue weighted by Gasteiger charge is -2.17. The van der Waals surface area contributed by atoms with Gasteiger partial charge in [-0.05, 0) is 30.3 Å². The number of H-pyrrole nitrogens is 1. The molecule has 3 rings (SSSR count). The van der Waals surface area contributed by atoms with E-state index in [1.54, 1.807) is 0 Å². The van der Waals surface area contributed by atoms with Gasteiger partial charge in [0.15, 0.2) is 0 Å². The summed E-state index contributed by atoms with van der Waals surface area (Å²) in [6.07, 6.45) is -6.21. The van der Waals surface area contributed by atoms with Crippen molar-refractivity contribution in [3.05, 3.63) is 68.2 Å². The highest BCUT2D eigenvalue weighted by Gasteiger charge is 2.36. The third-order valence-corrected chi connectivity index (χ3v) is 4.69. The number of rotatable bonds is 5. The number of ether oxygens (including phenoxy) is 1. The number of fused-ring (bicyclic) bond motifs is 1. The Morgan fingerprint density at radius 3 is 2.26 bits per heavy atom. The van der Waals surface area contributed by atoms with Crippen LogP contribution in [0.5, 0.6) is 11.5 Å². The molecule has 2 aromatic carbocycles. The number of carboxylic acid groups (broad SMARTS) is 1. The number of carboxylic acids is 1. The lowest BCUT2D eigenvalue weighted by molar-refractivity contribution is -0.138. The topological polar surface area (TPSA) is 159 Å². The number of hydrogen-bond donors (Lipinski definition) is 4. The molecule has 3 aromatic rings. The van der Waals surface area contributed by atoms with Crippen molar-refractivity contribution in [3.63, 3.8) is 0 Å². The van der Waals surface area contributed by atoms with Crippen LogP contribution in [0.2, 0.25) is 0 Å². The fourth-order valence-electron chi connectivity index (χ4n) is 2.72. The maximum absolute atomic E-state index is 13.6. The molecule has 31 heavy (non-hydrogen) atoms. The van der Waals surface area contributed by atoms with Gasteiger partial charge in [-0.25, -0.2) is 4.79 Å². The average Bonchev–Trinajstić information content (AvgIpc) is 2.64. The third-order valence-electron chi connectivity index (χ3n) is 4.04. The van der Waals surface area contributed by atoms with Gasteiger partial charge in [-0.15, -0.1) is 0 Å². The van der Waals surface area contributed by atoms with E-state index < -0.39 is 59.5 Å². The molecule has 164 valence electrons. The van der Waals surface area contributed by atoms with Crippen LogP contribution in [-0.4, -0.2) is 30.4 Å². The van der Waals surface area contributed by atoms with Crippen molar-refractivity contribution in [2.45, 2.75) is 12.5 Å². The minimum absolute atomic E-state index is 0.144. The Hall–Kier alpha value is -3.41. The first kappa shape index (κ1) is 22.3. The fourth-order valence-corrected chi connectivity index (χ4v) is 3.37. The number of carbonyl (C=O) groups is 1. The molecule has 0 aliphatic rings. The van der Waals surface area contributed by atoms with Gasteiger partial charge in [-0.1, -0.05) is 0 Å². The van der Waals surface area contributed by atoms with E-state index in [4.69, 9.17) is 9.84 Å². The summed E-state index contributed by atoms with van der Waals surface area (Å²) in [6.45, 7) is 0. The minimum Gasteiger partial charge on any atom is -0.478 e. The number of alkyl halides is 3. The first-order valence-corrected chi connectivity index (χ1v) is 10.00. The van der Waals surface area contributed by atoms with E-state index in [1.807, 2.05) is 4.98 Å². The molecular formula is C17H12F3N2O8P. The standard InChI is InChI=1S/C17H12F3N2O8P/c18-17(19,20)10-5-11-12(22(7-31(27,28)29)15(24)14(23)21-11)6-13(10)30-9-3-1-8(2-4-9)16(25)26/h1-6H,7H2,(H,21,23)(H,25,26)(H2,27,28,29). The highest BCUT2D eigenvalue weighted by molar-refractivity contribution is 7.50. The highest BCUT2D eigenvalue weighted by atomic mass is 31.2. The molecule has 10 nitrogen and oxygen atoms in total. The molecule has 0 saturated heterocycles. The molecule has 0 aliphatic carbocycles. The molecule has 1 heterocycles. The molecule has 0 radical (unpaired) electrons. The molecule has 0 aliphatic heterocycles. The van der Waals surface area contributed by atoms with Gasteiger partial charge in [0.25, 0.3) is 0 Å².